The van der Waals surface area contributed by atoms with E-state index in [9.17, 15) is 4.79 Å². The van der Waals surface area contributed by atoms with Gasteiger partial charge in [-0.15, -0.1) is 0 Å². The van der Waals surface area contributed by atoms with Crippen molar-refractivity contribution < 1.29 is 9.53 Å². The first-order valence-corrected chi connectivity index (χ1v) is 14.4. The summed E-state index contributed by atoms with van der Waals surface area (Å²) < 4.78 is 8.41. The standard InChI is InChI=1S/C33H25BrClN5O2/c34-28-21-38-40-31(18-30(39-32(28)40)27-11-4-5-12-29(27)35)36-19-22-13-15-23(16-14-22)20-37-33(41)24-7-6-10-26(17-24)42-25-8-2-1-3-9-25/h1-18,21,36H,19-20H2,(H,37,41). The van der Waals surface area contributed by atoms with Crippen LogP contribution in [0.2, 0.25) is 5.02 Å². The first-order valence-electron chi connectivity index (χ1n) is 13.3. The lowest BCUT2D eigenvalue weighted by molar-refractivity contribution is 0.0950. The second-order valence-corrected chi connectivity index (χ2v) is 10.8. The van der Waals surface area contributed by atoms with E-state index in [1.165, 1.54) is 0 Å². The average Bonchev–Trinajstić information content (AvgIpc) is 3.40. The molecule has 6 aromatic rings. The zero-order chi connectivity index (χ0) is 28.9. The van der Waals surface area contributed by atoms with Gasteiger partial charge in [0.15, 0.2) is 5.65 Å². The number of rotatable bonds is 9. The molecule has 1 amide bonds. The van der Waals surface area contributed by atoms with E-state index in [1.54, 1.807) is 22.8 Å². The molecule has 0 spiro atoms. The SMILES string of the molecule is O=C(NCc1ccc(CNc2cc(-c3ccccc3Cl)nc3c(Br)cnn23)cc1)c1cccc(Oc2ccccc2)c1. The lowest BCUT2D eigenvalue weighted by Gasteiger charge is -2.12. The summed E-state index contributed by atoms with van der Waals surface area (Å²) in [6.07, 6.45) is 1.72. The van der Waals surface area contributed by atoms with Crippen LogP contribution in [0, 0.1) is 0 Å². The van der Waals surface area contributed by atoms with E-state index in [0.29, 0.717) is 35.1 Å². The Morgan fingerprint density at radius 2 is 1.55 bits per heavy atom. The topological polar surface area (TPSA) is 80.5 Å². The quantitative estimate of drug-likeness (QED) is 0.167. The number of carbonyl (C=O) groups is 1. The summed E-state index contributed by atoms with van der Waals surface area (Å²) >= 11 is 10.00. The summed E-state index contributed by atoms with van der Waals surface area (Å²) in [6, 6.07) is 34.3. The normalized spacial score (nSPS) is 10.9. The highest BCUT2D eigenvalue weighted by Crippen LogP contribution is 2.30. The van der Waals surface area contributed by atoms with Gasteiger partial charge in [-0.3, -0.25) is 4.79 Å². The Kier molecular flexibility index (Phi) is 8.16. The number of anilines is 1. The number of carbonyl (C=O) groups excluding carboxylic acids is 1. The minimum Gasteiger partial charge on any atom is -0.457 e. The molecule has 0 unspecified atom stereocenters. The summed E-state index contributed by atoms with van der Waals surface area (Å²) in [5.41, 5.74) is 4.89. The van der Waals surface area contributed by atoms with Crippen LogP contribution in [0.4, 0.5) is 5.82 Å². The molecule has 9 heteroatoms. The zero-order valence-electron chi connectivity index (χ0n) is 22.3. The fourth-order valence-electron chi connectivity index (χ4n) is 4.45. The summed E-state index contributed by atoms with van der Waals surface area (Å²) in [4.78, 5) is 17.6. The molecular weight excluding hydrogens is 614 g/mol. The number of ether oxygens (including phenoxy) is 1. The van der Waals surface area contributed by atoms with Crippen LogP contribution < -0.4 is 15.4 Å². The molecule has 2 heterocycles. The molecule has 42 heavy (non-hydrogen) atoms. The molecule has 0 radical (unpaired) electrons. The minimum absolute atomic E-state index is 0.166. The molecule has 2 aromatic heterocycles. The molecule has 0 atom stereocenters. The molecule has 0 fully saturated rings. The molecule has 4 aromatic carbocycles. The van der Waals surface area contributed by atoms with Gasteiger partial charge in [-0.25, -0.2) is 4.98 Å². The van der Waals surface area contributed by atoms with Gasteiger partial charge in [0.1, 0.15) is 17.3 Å². The van der Waals surface area contributed by atoms with Gasteiger partial charge in [0.25, 0.3) is 5.91 Å². The van der Waals surface area contributed by atoms with Crippen molar-refractivity contribution in [3.8, 4) is 22.8 Å². The molecule has 0 aliphatic rings. The average molecular weight is 639 g/mol. The van der Waals surface area contributed by atoms with Crippen LogP contribution in [0.3, 0.4) is 0 Å². The number of halogens is 2. The lowest BCUT2D eigenvalue weighted by atomic mass is 10.1. The Bertz CT molecular complexity index is 1860. The predicted octanol–water partition coefficient (Wildman–Crippen LogP) is 8.15. The number of fused-ring (bicyclic) bond motifs is 1. The number of hydrogen-bond acceptors (Lipinski definition) is 5. The third-order valence-electron chi connectivity index (χ3n) is 6.60. The molecule has 0 saturated carbocycles. The van der Waals surface area contributed by atoms with E-state index in [1.807, 2.05) is 97.1 Å². The fraction of sp³-hybridized carbons (Fsp3) is 0.0606. The fourth-order valence-corrected chi connectivity index (χ4v) is 5.03. The van der Waals surface area contributed by atoms with E-state index in [4.69, 9.17) is 21.3 Å². The Morgan fingerprint density at radius 1 is 0.833 bits per heavy atom. The molecule has 0 saturated heterocycles. The van der Waals surface area contributed by atoms with Crippen molar-refractivity contribution in [1.29, 1.82) is 0 Å². The molecule has 0 bridgehead atoms. The van der Waals surface area contributed by atoms with Crippen molar-refractivity contribution in [2.24, 2.45) is 0 Å². The van der Waals surface area contributed by atoms with E-state index in [0.717, 1.165) is 38.4 Å². The molecule has 0 aliphatic carbocycles. The van der Waals surface area contributed by atoms with Crippen molar-refractivity contribution in [1.82, 2.24) is 19.9 Å². The molecule has 0 aliphatic heterocycles. The van der Waals surface area contributed by atoms with Gasteiger partial charge >= 0.3 is 0 Å². The number of nitrogens with zero attached hydrogens (tertiary/aromatic N) is 3. The maximum Gasteiger partial charge on any atom is 0.251 e. The molecular formula is C33H25BrClN5O2. The summed E-state index contributed by atoms with van der Waals surface area (Å²) in [7, 11) is 0. The van der Waals surface area contributed by atoms with Crippen LogP contribution in [0.5, 0.6) is 11.5 Å². The van der Waals surface area contributed by atoms with Crippen LogP contribution in [-0.2, 0) is 13.1 Å². The maximum absolute atomic E-state index is 12.8. The Balaban J connectivity index is 1.09. The second kappa shape index (κ2) is 12.5. The first-order chi connectivity index (χ1) is 20.5. The van der Waals surface area contributed by atoms with Crippen LogP contribution in [0.15, 0.2) is 120 Å². The summed E-state index contributed by atoms with van der Waals surface area (Å²) in [5.74, 6) is 1.95. The zero-order valence-corrected chi connectivity index (χ0v) is 24.6. The Labute approximate surface area is 256 Å². The van der Waals surface area contributed by atoms with Gasteiger partial charge in [-0.05, 0) is 63.5 Å². The van der Waals surface area contributed by atoms with Crippen molar-refractivity contribution in [3.05, 3.63) is 142 Å². The van der Waals surface area contributed by atoms with E-state index >= 15 is 0 Å². The van der Waals surface area contributed by atoms with Crippen LogP contribution in [0.25, 0.3) is 16.9 Å². The summed E-state index contributed by atoms with van der Waals surface area (Å²) in [5, 5.41) is 11.6. The Hall–Kier alpha value is -4.66. The third kappa shape index (κ3) is 6.30. The number of benzene rings is 4. The third-order valence-corrected chi connectivity index (χ3v) is 7.49. The van der Waals surface area contributed by atoms with E-state index in [2.05, 4.69) is 31.7 Å². The van der Waals surface area contributed by atoms with Crippen molar-refractivity contribution >= 4 is 44.9 Å². The highest BCUT2D eigenvalue weighted by Gasteiger charge is 2.13. The minimum atomic E-state index is -0.166. The van der Waals surface area contributed by atoms with Gasteiger partial charge in [0, 0.05) is 35.3 Å². The molecule has 7 nitrogen and oxygen atoms in total. The van der Waals surface area contributed by atoms with Crippen molar-refractivity contribution in [2.75, 3.05) is 5.32 Å². The van der Waals surface area contributed by atoms with E-state index in [-0.39, 0.29) is 5.91 Å². The molecule has 208 valence electrons. The lowest BCUT2D eigenvalue weighted by Crippen LogP contribution is -2.22. The highest BCUT2D eigenvalue weighted by molar-refractivity contribution is 9.10. The Morgan fingerprint density at radius 3 is 2.33 bits per heavy atom. The van der Waals surface area contributed by atoms with Gasteiger partial charge in [-0.2, -0.15) is 9.61 Å². The highest BCUT2D eigenvalue weighted by atomic mass is 79.9. The summed E-state index contributed by atoms with van der Waals surface area (Å²) in [6.45, 7) is 0.975. The number of aromatic nitrogens is 3. The van der Waals surface area contributed by atoms with Crippen LogP contribution in [0.1, 0.15) is 21.5 Å². The smallest absolute Gasteiger partial charge is 0.251 e. The van der Waals surface area contributed by atoms with Crippen LogP contribution >= 0.6 is 27.5 Å². The second-order valence-electron chi connectivity index (χ2n) is 9.53. The van der Waals surface area contributed by atoms with Crippen LogP contribution in [-0.4, -0.2) is 20.5 Å². The van der Waals surface area contributed by atoms with E-state index < -0.39 is 0 Å². The number of hydrogen-bond donors (Lipinski definition) is 2. The largest absolute Gasteiger partial charge is 0.457 e. The maximum atomic E-state index is 12.8. The monoisotopic (exact) mass is 637 g/mol. The first kappa shape index (κ1) is 27.5. The predicted molar refractivity (Wildman–Crippen MR) is 169 cm³/mol. The van der Waals surface area contributed by atoms with Crippen molar-refractivity contribution in [2.45, 2.75) is 13.1 Å². The van der Waals surface area contributed by atoms with Gasteiger partial charge in [0.05, 0.1) is 16.4 Å². The van der Waals surface area contributed by atoms with Gasteiger partial charge in [0.2, 0.25) is 0 Å². The van der Waals surface area contributed by atoms with Gasteiger partial charge in [-0.1, -0.05) is 78.3 Å². The van der Waals surface area contributed by atoms with Gasteiger partial charge < -0.3 is 15.4 Å². The number of nitrogens with one attached hydrogen (secondary N) is 2. The molecule has 2 N–H and O–H groups in total. The number of para-hydroxylation sites is 1. The van der Waals surface area contributed by atoms with Crippen molar-refractivity contribution in [3.63, 3.8) is 0 Å². The number of amides is 1. The molecule has 6 rings (SSSR count).